The number of aryl methyl sites for hydroxylation is 1. The molecule has 0 atom stereocenters. The molecule has 0 amide bonds. The Morgan fingerprint density at radius 1 is 1.17 bits per heavy atom. The van der Waals surface area contributed by atoms with E-state index < -0.39 is 6.36 Å². The molecule has 7 heteroatoms. The van der Waals surface area contributed by atoms with Gasteiger partial charge in [0.05, 0.1) is 6.54 Å². The van der Waals surface area contributed by atoms with Crippen LogP contribution in [-0.4, -0.2) is 16.0 Å². The molecular formula is C17H13F3INO2. The Morgan fingerprint density at radius 2 is 1.83 bits per heavy atom. The minimum atomic E-state index is -4.70. The van der Waals surface area contributed by atoms with Crippen LogP contribution in [0.25, 0.3) is 10.8 Å². The first-order valence-corrected chi connectivity index (χ1v) is 8.13. The molecule has 2 aromatic carbocycles. The number of rotatable bonds is 3. The Kier molecular flexibility index (Phi) is 4.37. The quantitative estimate of drug-likeness (QED) is 0.560. The lowest BCUT2D eigenvalue weighted by Gasteiger charge is -2.10. The van der Waals surface area contributed by atoms with Gasteiger partial charge in [-0.3, -0.25) is 0 Å². The molecule has 0 unspecified atom stereocenters. The second-order valence-corrected chi connectivity index (χ2v) is 6.70. The summed E-state index contributed by atoms with van der Waals surface area (Å²) in [5, 5.41) is 12.1. The maximum atomic E-state index is 12.2. The van der Waals surface area contributed by atoms with E-state index >= 15 is 0 Å². The van der Waals surface area contributed by atoms with Gasteiger partial charge in [0.2, 0.25) is 0 Å². The van der Waals surface area contributed by atoms with E-state index in [1.54, 1.807) is 16.7 Å². The van der Waals surface area contributed by atoms with Crippen LogP contribution in [0.1, 0.15) is 11.1 Å². The zero-order valence-electron chi connectivity index (χ0n) is 12.6. The lowest BCUT2D eigenvalue weighted by molar-refractivity contribution is -0.274. The van der Waals surface area contributed by atoms with E-state index in [9.17, 15) is 18.3 Å². The molecule has 0 saturated carbocycles. The fourth-order valence-corrected chi connectivity index (χ4v) is 3.47. The fraction of sp³-hybridized carbons (Fsp3) is 0.176. The smallest absolute Gasteiger partial charge is 0.494 e. The molecule has 3 aromatic rings. The predicted octanol–water partition coefficient (Wildman–Crippen LogP) is 5.21. The number of aromatic nitrogens is 1. The fourth-order valence-electron chi connectivity index (χ4n) is 2.66. The minimum Gasteiger partial charge on any atom is -0.494 e. The van der Waals surface area contributed by atoms with Crippen LogP contribution in [0.5, 0.6) is 11.6 Å². The summed E-state index contributed by atoms with van der Waals surface area (Å²) in [6, 6.07) is 9.56. The predicted molar refractivity (Wildman–Crippen MR) is 93.3 cm³/mol. The number of benzene rings is 2. The lowest BCUT2D eigenvalue weighted by atomic mass is 10.1. The van der Waals surface area contributed by atoms with Gasteiger partial charge in [0.15, 0.2) is 5.88 Å². The molecule has 3 rings (SSSR count). The molecule has 0 bridgehead atoms. The summed E-state index contributed by atoms with van der Waals surface area (Å²) in [4.78, 5) is 0. The summed E-state index contributed by atoms with van der Waals surface area (Å²) in [6.07, 6.45) is -2.87. The number of aromatic hydroxyl groups is 1. The Morgan fingerprint density at radius 3 is 2.46 bits per heavy atom. The standard InChI is InChI=1S/C17H13F3INO2/c1-10-6-13(21)7-12-9-22(16(23)15(10)12)8-11-2-4-14(5-3-11)24-17(18,19)20/h2-7,9,23H,8H2,1H3. The molecule has 0 aliphatic carbocycles. The number of alkyl halides is 3. The van der Waals surface area contributed by atoms with Crippen molar-refractivity contribution in [3.05, 3.63) is 57.3 Å². The van der Waals surface area contributed by atoms with Crippen LogP contribution in [0.4, 0.5) is 13.2 Å². The number of ether oxygens (including phenoxy) is 1. The van der Waals surface area contributed by atoms with Gasteiger partial charge in [0.1, 0.15) is 5.75 Å². The van der Waals surface area contributed by atoms with Crippen molar-refractivity contribution in [3.63, 3.8) is 0 Å². The van der Waals surface area contributed by atoms with Crippen LogP contribution < -0.4 is 4.74 Å². The number of hydrogen-bond donors (Lipinski definition) is 1. The molecule has 1 N–H and O–H groups in total. The third-order valence-corrected chi connectivity index (χ3v) is 4.25. The van der Waals surface area contributed by atoms with Crippen LogP contribution in [0.15, 0.2) is 42.6 Å². The highest BCUT2D eigenvalue weighted by molar-refractivity contribution is 14.1. The molecule has 0 radical (unpaired) electrons. The van der Waals surface area contributed by atoms with Gasteiger partial charge in [-0.05, 0) is 64.9 Å². The van der Waals surface area contributed by atoms with Gasteiger partial charge < -0.3 is 14.4 Å². The van der Waals surface area contributed by atoms with E-state index in [0.717, 1.165) is 25.5 Å². The summed E-state index contributed by atoms with van der Waals surface area (Å²) in [7, 11) is 0. The van der Waals surface area contributed by atoms with Crippen molar-refractivity contribution < 1.29 is 23.0 Å². The van der Waals surface area contributed by atoms with E-state index in [1.165, 1.54) is 12.1 Å². The second kappa shape index (κ2) is 6.19. The summed E-state index contributed by atoms with van der Waals surface area (Å²) in [5.41, 5.74) is 1.73. The van der Waals surface area contributed by atoms with Crippen LogP contribution in [0.3, 0.4) is 0 Å². The third kappa shape index (κ3) is 3.61. The number of hydrogen-bond acceptors (Lipinski definition) is 2. The average molecular weight is 447 g/mol. The van der Waals surface area contributed by atoms with Crippen molar-refractivity contribution in [3.8, 4) is 11.6 Å². The molecule has 1 heterocycles. The van der Waals surface area contributed by atoms with Gasteiger partial charge in [-0.1, -0.05) is 12.1 Å². The Balaban J connectivity index is 1.87. The van der Waals surface area contributed by atoms with Gasteiger partial charge in [0.25, 0.3) is 0 Å². The molecule has 3 nitrogen and oxygen atoms in total. The van der Waals surface area contributed by atoms with Crippen molar-refractivity contribution in [2.24, 2.45) is 0 Å². The van der Waals surface area contributed by atoms with Crippen LogP contribution >= 0.6 is 22.6 Å². The monoisotopic (exact) mass is 447 g/mol. The first kappa shape index (κ1) is 16.9. The van der Waals surface area contributed by atoms with Crippen molar-refractivity contribution in [1.29, 1.82) is 0 Å². The average Bonchev–Trinajstić information content (AvgIpc) is 2.76. The van der Waals surface area contributed by atoms with E-state index in [1.807, 2.05) is 25.3 Å². The molecule has 0 spiro atoms. The summed E-state index contributed by atoms with van der Waals surface area (Å²) >= 11 is 2.22. The van der Waals surface area contributed by atoms with Crippen molar-refractivity contribution >= 4 is 33.4 Å². The number of halogens is 4. The van der Waals surface area contributed by atoms with Gasteiger partial charge in [-0.15, -0.1) is 13.2 Å². The van der Waals surface area contributed by atoms with Crippen LogP contribution in [0.2, 0.25) is 0 Å². The number of nitrogens with zero attached hydrogens (tertiary/aromatic N) is 1. The first-order valence-electron chi connectivity index (χ1n) is 7.05. The first-order chi connectivity index (χ1) is 11.2. The maximum Gasteiger partial charge on any atom is 0.573 e. The van der Waals surface area contributed by atoms with E-state index in [-0.39, 0.29) is 11.6 Å². The molecule has 0 aliphatic rings. The highest BCUT2D eigenvalue weighted by atomic mass is 127. The molecule has 0 fully saturated rings. The highest BCUT2D eigenvalue weighted by Gasteiger charge is 2.30. The summed E-state index contributed by atoms with van der Waals surface area (Å²) in [5.74, 6) is -0.118. The van der Waals surface area contributed by atoms with Gasteiger partial charge in [-0.2, -0.15) is 0 Å². The molecule has 1 aromatic heterocycles. The summed E-state index contributed by atoms with van der Waals surface area (Å²) < 4.78 is 43.1. The molecule has 24 heavy (non-hydrogen) atoms. The van der Waals surface area contributed by atoms with Crippen molar-refractivity contribution in [1.82, 2.24) is 4.57 Å². The molecule has 0 aliphatic heterocycles. The maximum absolute atomic E-state index is 12.2. The second-order valence-electron chi connectivity index (χ2n) is 5.46. The zero-order valence-corrected chi connectivity index (χ0v) is 14.7. The SMILES string of the molecule is Cc1cc(I)cc2cn(Cc3ccc(OC(F)(F)F)cc3)c(O)c12. The Bertz CT molecular complexity index is 885. The van der Waals surface area contributed by atoms with Gasteiger partial charge >= 0.3 is 6.36 Å². The van der Waals surface area contributed by atoms with E-state index in [4.69, 9.17) is 0 Å². The minimum absolute atomic E-state index is 0.148. The summed E-state index contributed by atoms with van der Waals surface area (Å²) in [6.45, 7) is 2.28. The lowest BCUT2D eigenvalue weighted by Crippen LogP contribution is -2.17. The van der Waals surface area contributed by atoms with Crippen LogP contribution in [0, 0.1) is 10.5 Å². The third-order valence-electron chi connectivity index (χ3n) is 3.63. The molecule has 126 valence electrons. The van der Waals surface area contributed by atoms with Gasteiger partial charge in [0, 0.05) is 20.5 Å². The zero-order chi connectivity index (χ0) is 17.5. The van der Waals surface area contributed by atoms with Crippen molar-refractivity contribution in [2.45, 2.75) is 19.8 Å². The Labute approximate surface area is 149 Å². The normalized spacial score (nSPS) is 11.9. The van der Waals surface area contributed by atoms with E-state index in [2.05, 4.69) is 27.3 Å². The molecule has 0 saturated heterocycles. The topological polar surface area (TPSA) is 34.4 Å². The van der Waals surface area contributed by atoms with Crippen molar-refractivity contribution in [2.75, 3.05) is 0 Å². The van der Waals surface area contributed by atoms with Crippen LogP contribution in [-0.2, 0) is 6.54 Å². The number of fused-ring (bicyclic) bond motifs is 1. The van der Waals surface area contributed by atoms with Gasteiger partial charge in [-0.25, -0.2) is 0 Å². The molecular weight excluding hydrogens is 434 g/mol. The Hall–Kier alpha value is -1.90. The highest BCUT2D eigenvalue weighted by Crippen LogP contribution is 2.32. The largest absolute Gasteiger partial charge is 0.573 e. The van der Waals surface area contributed by atoms with E-state index in [0.29, 0.717) is 6.54 Å².